The first kappa shape index (κ1) is 18.7. The summed E-state index contributed by atoms with van der Waals surface area (Å²) in [4.78, 5) is 30.8. The molecule has 5 nitrogen and oxygen atoms in total. The molecule has 0 spiro atoms. The third kappa shape index (κ3) is 3.52. The molecule has 2 atom stereocenters. The van der Waals surface area contributed by atoms with Gasteiger partial charge in [0.1, 0.15) is 17.5 Å². The SMILES string of the molecule is O=C1C[C@H]([C@H]2CCCN(C(=O)c3ccc(-c4ccccc4)[nH]3)C2)Oc2ccccc21. The highest BCUT2D eigenvalue weighted by Gasteiger charge is 2.36. The number of nitrogens with one attached hydrogen (secondary N) is 1. The molecule has 152 valence electrons. The van der Waals surface area contributed by atoms with Crippen LogP contribution in [0, 0.1) is 5.92 Å². The number of rotatable bonds is 3. The number of ketones is 1. The molecule has 3 heterocycles. The van der Waals surface area contributed by atoms with E-state index in [1.807, 2.05) is 71.6 Å². The molecule has 1 aromatic heterocycles. The second kappa shape index (κ2) is 7.82. The van der Waals surface area contributed by atoms with Crippen LogP contribution in [0.5, 0.6) is 5.75 Å². The molecule has 0 bridgehead atoms. The molecule has 1 amide bonds. The second-order valence-corrected chi connectivity index (χ2v) is 8.08. The summed E-state index contributed by atoms with van der Waals surface area (Å²) in [5.41, 5.74) is 3.25. The summed E-state index contributed by atoms with van der Waals surface area (Å²) < 4.78 is 6.17. The number of Topliss-reactive ketones (excluding diaryl/α,β-unsaturated/α-hetero) is 1. The van der Waals surface area contributed by atoms with Crippen LogP contribution in [0.25, 0.3) is 11.3 Å². The lowest BCUT2D eigenvalue weighted by Crippen LogP contribution is -2.46. The molecule has 0 aliphatic carbocycles. The van der Waals surface area contributed by atoms with Crippen LogP contribution in [0.1, 0.15) is 40.1 Å². The van der Waals surface area contributed by atoms with Crippen molar-refractivity contribution in [3.8, 4) is 17.0 Å². The first-order chi connectivity index (χ1) is 14.7. The zero-order valence-electron chi connectivity index (χ0n) is 16.7. The summed E-state index contributed by atoms with van der Waals surface area (Å²) >= 11 is 0. The predicted molar refractivity (Wildman–Crippen MR) is 115 cm³/mol. The van der Waals surface area contributed by atoms with E-state index in [-0.39, 0.29) is 23.7 Å². The van der Waals surface area contributed by atoms with Crippen LogP contribution >= 0.6 is 0 Å². The third-order valence-corrected chi connectivity index (χ3v) is 6.12. The Morgan fingerprint density at radius 2 is 1.80 bits per heavy atom. The average molecular weight is 400 g/mol. The number of carbonyl (C=O) groups is 2. The zero-order chi connectivity index (χ0) is 20.5. The van der Waals surface area contributed by atoms with E-state index in [2.05, 4.69) is 4.98 Å². The molecule has 5 rings (SSSR count). The van der Waals surface area contributed by atoms with Crippen LogP contribution in [0.15, 0.2) is 66.7 Å². The van der Waals surface area contributed by atoms with E-state index in [0.717, 1.165) is 30.6 Å². The van der Waals surface area contributed by atoms with Crippen LogP contribution in [0.4, 0.5) is 0 Å². The second-order valence-electron chi connectivity index (χ2n) is 8.08. The zero-order valence-corrected chi connectivity index (χ0v) is 16.7. The van der Waals surface area contributed by atoms with Gasteiger partial charge in [-0.25, -0.2) is 0 Å². The smallest absolute Gasteiger partial charge is 0.270 e. The first-order valence-electron chi connectivity index (χ1n) is 10.5. The van der Waals surface area contributed by atoms with Gasteiger partial charge in [0.05, 0.1) is 5.56 Å². The Labute approximate surface area is 175 Å². The van der Waals surface area contributed by atoms with Gasteiger partial charge in [-0.1, -0.05) is 42.5 Å². The predicted octanol–water partition coefficient (Wildman–Crippen LogP) is 4.57. The van der Waals surface area contributed by atoms with Crippen molar-refractivity contribution in [1.82, 2.24) is 9.88 Å². The standard InChI is InChI=1S/C25H24N2O3/c28-22-15-24(30-23-11-5-4-10-19(22)23)18-9-6-14-27(16-18)25(29)21-13-12-20(26-21)17-7-2-1-3-8-17/h1-5,7-8,10-13,18,24,26H,6,9,14-16H2/t18-,24+/m0/s1. The molecule has 2 aromatic carbocycles. The topological polar surface area (TPSA) is 62.4 Å². The Bertz CT molecular complexity index is 1070. The molecule has 1 saturated heterocycles. The molecule has 1 N–H and O–H groups in total. The van der Waals surface area contributed by atoms with E-state index in [9.17, 15) is 9.59 Å². The highest BCUT2D eigenvalue weighted by atomic mass is 16.5. The van der Waals surface area contributed by atoms with E-state index < -0.39 is 0 Å². The normalized spacial score (nSPS) is 21.1. The highest BCUT2D eigenvalue weighted by Crippen LogP contribution is 2.33. The molecule has 2 aliphatic heterocycles. The van der Waals surface area contributed by atoms with Crippen LogP contribution in [-0.4, -0.2) is 40.8 Å². The number of aromatic amines is 1. The minimum atomic E-state index is -0.175. The van der Waals surface area contributed by atoms with Gasteiger partial charge in [0.2, 0.25) is 0 Å². The van der Waals surface area contributed by atoms with Crippen molar-refractivity contribution in [2.45, 2.75) is 25.4 Å². The van der Waals surface area contributed by atoms with E-state index in [4.69, 9.17) is 4.74 Å². The number of benzene rings is 2. The molecule has 0 unspecified atom stereocenters. The van der Waals surface area contributed by atoms with Gasteiger partial charge in [-0.15, -0.1) is 0 Å². The molecular weight excluding hydrogens is 376 g/mol. The summed E-state index contributed by atoms with van der Waals surface area (Å²) in [6.45, 7) is 1.34. The van der Waals surface area contributed by atoms with Crippen LogP contribution < -0.4 is 4.74 Å². The maximum absolute atomic E-state index is 13.1. The first-order valence-corrected chi connectivity index (χ1v) is 10.5. The fraction of sp³-hybridized carbons (Fsp3) is 0.280. The molecule has 3 aromatic rings. The summed E-state index contributed by atoms with van der Waals surface area (Å²) in [6.07, 6.45) is 2.08. The number of likely N-dealkylation sites (tertiary alicyclic amines) is 1. The molecule has 30 heavy (non-hydrogen) atoms. The molecule has 0 radical (unpaired) electrons. The summed E-state index contributed by atoms with van der Waals surface area (Å²) in [5, 5.41) is 0. The number of aromatic nitrogens is 1. The van der Waals surface area contributed by atoms with Crippen molar-refractivity contribution in [2.24, 2.45) is 5.92 Å². The van der Waals surface area contributed by atoms with E-state index in [1.54, 1.807) is 0 Å². The number of para-hydroxylation sites is 1. The van der Waals surface area contributed by atoms with Crippen LogP contribution in [0.2, 0.25) is 0 Å². The van der Waals surface area contributed by atoms with Gasteiger partial charge in [-0.2, -0.15) is 0 Å². The summed E-state index contributed by atoms with van der Waals surface area (Å²) in [7, 11) is 0. The molecule has 1 fully saturated rings. The highest BCUT2D eigenvalue weighted by molar-refractivity contribution is 6.00. The van der Waals surface area contributed by atoms with Crippen molar-refractivity contribution in [2.75, 3.05) is 13.1 Å². The molecule has 0 saturated carbocycles. The fourth-order valence-corrected chi connectivity index (χ4v) is 4.53. The maximum Gasteiger partial charge on any atom is 0.270 e. The lowest BCUT2D eigenvalue weighted by atomic mass is 9.87. The van der Waals surface area contributed by atoms with Gasteiger partial charge in [-0.3, -0.25) is 9.59 Å². The number of amides is 1. The molecule has 5 heteroatoms. The average Bonchev–Trinajstić information content (AvgIpc) is 3.30. The number of nitrogens with zero attached hydrogens (tertiary/aromatic N) is 1. The van der Waals surface area contributed by atoms with Crippen LogP contribution in [0.3, 0.4) is 0 Å². The largest absolute Gasteiger partial charge is 0.489 e. The van der Waals surface area contributed by atoms with Crippen molar-refractivity contribution in [3.05, 3.63) is 78.0 Å². The fourth-order valence-electron chi connectivity index (χ4n) is 4.53. The molecular formula is C25H24N2O3. The number of hydrogen-bond acceptors (Lipinski definition) is 3. The Kier molecular flexibility index (Phi) is 4.87. The quantitative estimate of drug-likeness (QED) is 0.701. The van der Waals surface area contributed by atoms with Crippen molar-refractivity contribution in [3.63, 3.8) is 0 Å². The number of carbonyl (C=O) groups excluding carboxylic acids is 2. The minimum absolute atomic E-state index is 0.00409. The summed E-state index contributed by atoms with van der Waals surface area (Å²) in [6, 6.07) is 21.2. The lowest BCUT2D eigenvalue weighted by molar-refractivity contribution is 0.0406. The van der Waals surface area contributed by atoms with Gasteiger partial charge >= 0.3 is 0 Å². The maximum atomic E-state index is 13.1. The van der Waals surface area contributed by atoms with Crippen LogP contribution in [-0.2, 0) is 0 Å². The number of hydrogen-bond donors (Lipinski definition) is 1. The number of piperidine rings is 1. The Balaban J connectivity index is 1.30. The van der Waals surface area contributed by atoms with Gasteiger partial charge in [0.25, 0.3) is 5.91 Å². The number of ether oxygens (including phenoxy) is 1. The Morgan fingerprint density at radius 1 is 1.00 bits per heavy atom. The van der Waals surface area contributed by atoms with Gasteiger partial charge in [0.15, 0.2) is 5.78 Å². The lowest BCUT2D eigenvalue weighted by Gasteiger charge is -2.38. The Hall–Kier alpha value is -3.34. The number of H-pyrrole nitrogens is 1. The Morgan fingerprint density at radius 3 is 2.67 bits per heavy atom. The van der Waals surface area contributed by atoms with E-state index in [1.165, 1.54) is 0 Å². The van der Waals surface area contributed by atoms with Gasteiger partial charge in [0, 0.05) is 31.1 Å². The number of fused-ring (bicyclic) bond motifs is 1. The minimum Gasteiger partial charge on any atom is -0.489 e. The van der Waals surface area contributed by atoms with E-state index >= 15 is 0 Å². The molecule has 2 aliphatic rings. The monoisotopic (exact) mass is 400 g/mol. The third-order valence-electron chi connectivity index (χ3n) is 6.12. The summed E-state index contributed by atoms with van der Waals surface area (Å²) in [5.74, 6) is 0.953. The van der Waals surface area contributed by atoms with Gasteiger partial charge < -0.3 is 14.6 Å². The van der Waals surface area contributed by atoms with Crippen molar-refractivity contribution < 1.29 is 14.3 Å². The van der Waals surface area contributed by atoms with Gasteiger partial charge in [-0.05, 0) is 42.7 Å². The van der Waals surface area contributed by atoms with Crippen molar-refractivity contribution >= 4 is 11.7 Å². The van der Waals surface area contributed by atoms with E-state index in [0.29, 0.717) is 30.0 Å². The van der Waals surface area contributed by atoms with Crippen molar-refractivity contribution in [1.29, 1.82) is 0 Å².